The second kappa shape index (κ2) is 8.35. The molecule has 0 radical (unpaired) electrons. The highest BCUT2D eigenvalue weighted by Gasteiger charge is 2.14. The molecule has 6 nitrogen and oxygen atoms in total. The zero-order valence-corrected chi connectivity index (χ0v) is 14.3. The summed E-state index contributed by atoms with van der Waals surface area (Å²) in [5, 5.41) is 13.0. The van der Waals surface area contributed by atoms with Crippen LogP contribution in [0.4, 0.5) is 30.6 Å². The maximum absolute atomic E-state index is 13.7. The second-order valence-corrected chi connectivity index (χ2v) is 5.50. The quantitative estimate of drug-likeness (QED) is 0.614. The van der Waals surface area contributed by atoms with Crippen molar-refractivity contribution < 1.29 is 17.9 Å². The molecule has 0 aliphatic rings. The van der Waals surface area contributed by atoms with Crippen LogP contribution in [0.25, 0.3) is 0 Å². The molecule has 0 aliphatic heterocycles. The molecule has 140 valence electrons. The Morgan fingerprint density at radius 1 is 1.04 bits per heavy atom. The van der Waals surface area contributed by atoms with Crippen LogP contribution >= 0.6 is 0 Å². The summed E-state index contributed by atoms with van der Waals surface area (Å²) in [5.41, 5.74) is 0.735. The van der Waals surface area contributed by atoms with Crippen molar-refractivity contribution in [3.05, 3.63) is 65.6 Å². The van der Waals surface area contributed by atoms with Crippen molar-refractivity contribution >= 4 is 17.5 Å². The van der Waals surface area contributed by atoms with Gasteiger partial charge in [-0.25, -0.2) is 13.2 Å². The van der Waals surface area contributed by atoms with Crippen LogP contribution in [0.5, 0.6) is 5.75 Å². The summed E-state index contributed by atoms with van der Waals surface area (Å²) in [6, 6.07) is 9.50. The number of anilines is 3. The molecule has 0 bridgehead atoms. The molecule has 27 heavy (non-hydrogen) atoms. The van der Waals surface area contributed by atoms with Gasteiger partial charge in [0, 0.05) is 6.54 Å². The molecule has 0 amide bonds. The number of benzene rings is 2. The molecular weight excluding hydrogens is 359 g/mol. The number of hydrogen-bond donors (Lipinski definition) is 2. The number of rotatable bonds is 7. The van der Waals surface area contributed by atoms with E-state index in [4.69, 9.17) is 4.74 Å². The van der Waals surface area contributed by atoms with Gasteiger partial charge in [0.25, 0.3) is 0 Å². The molecule has 1 aromatic heterocycles. The number of nitrogens with one attached hydrogen (secondary N) is 2. The predicted molar refractivity (Wildman–Crippen MR) is 94.6 cm³/mol. The fourth-order valence-electron chi connectivity index (χ4n) is 2.42. The Kier molecular flexibility index (Phi) is 5.70. The first kappa shape index (κ1) is 18.4. The van der Waals surface area contributed by atoms with E-state index in [1.807, 2.05) is 24.3 Å². The summed E-state index contributed by atoms with van der Waals surface area (Å²) in [6.45, 7) is 0.540. The van der Waals surface area contributed by atoms with Gasteiger partial charge in [-0.3, -0.25) is 0 Å². The predicted octanol–water partition coefficient (Wildman–Crippen LogP) is 3.70. The minimum atomic E-state index is -1.57. The van der Waals surface area contributed by atoms with Crippen molar-refractivity contribution in [2.75, 3.05) is 24.3 Å². The van der Waals surface area contributed by atoms with Gasteiger partial charge in [-0.1, -0.05) is 18.2 Å². The minimum absolute atomic E-state index is 0.0535. The first-order valence-electron chi connectivity index (χ1n) is 8.04. The van der Waals surface area contributed by atoms with E-state index in [-0.39, 0.29) is 11.6 Å². The lowest BCUT2D eigenvalue weighted by atomic mass is 10.1. The van der Waals surface area contributed by atoms with Crippen LogP contribution in [0.1, 0.15) is 5.56 Å². The average molecular weight is 375 g/mol. The fourth-order valence-corrected chi connectivity index (χ4v) is 2.42. The third-order valence-electron chi connectivity index (χ3n) is 3.73. The van der Waals surface area contributed by atoms with Gasteiger partial charge in [-0.05, 0) is 30.2 Å². The van der Waals surface area contributed by atoms with Crippen LogP contribution in [0, 0.1) is 17.5 Å². The van der Waals surface area contributed by atoms with Gasteiger partial charge < -0.3 is 15.4 Å². The van der Waals surface area contributed by atoms with Gasteiger partial charge in [-0.2, -0.15) is 10.1 Å². The number of hydrogen-bond acceptors (Lipinski definition) is 6. The van der Waals surface area contributed by atoms with Crippen LogP contribution in [-0.4, -0.2) is 28.8 Å². The molecular formula is C18H16F3N5O. The van der Waals surface area contributed by atoms with Gasteiger partial charge >= 0.3 is 0 Å². The molecule has 0 aliphatic carbocycles. The van der Waals surface area contributed by atoms with Crippen molar-refractivity contribution in [2.45, 2.75) is 6.42 Å². The molecule has 3 aromatic rings. The minimum Gasteiger partial charge on any atom is -0.496 e. The van der Waals surface area contributed by atoms with E-state index >= 15 is 0 Å². The highest BCUT2D eigenvalue weighted by molar-refractivity contribution is 5.55. The third kappa shape index (κ3) is 4.43. The van der Waals surface area contributed by atoms with Crippen molar-refractivity contribution in [1.82, 2.24) is 15.2 Å². The smallest absolute Gasteiger partial charge is 0.249 e. The van der Waals surface area contributed by atoms with Crippen LogP contribution < -0.4 is 15.4 Å². The van der Waals surface area contributed by atoms with Crippen molar-refractivity contribution in [3.8, 4) is 5.75 Å². The topological polar surface area (TPSA) is 72.0 Å². The average Bonchev–Trinajstić information content (AvgIpc) is 2.69. The first-order chi connectivity index (χ1) is 13.1. The van der Waals surface area contributed by atoms with Gasteiger partial charge in [-0.15, -0.1) is 5.10 Å². The lowest BCUT2D eigenvalue weighted by Gasteiger charge is -2.10. The molecule has 0 fully saturated rings. The molecule has 9 heteroatoms. The van der Waals surface area contributed by atoms with E-state index in [1.165, 1.54) is 6.20 Å². The number of nitrogens with zero attached hydrogens (tertiary/aromatic N) is 3. The summed E-state index contributed by atoms with van der Waals surface area (Å²) in [4.78, 5) is 4.13. The van der Waals surface area contributed by atoms with E-state index in [0.717, 1.165) is 23.4 Å². The van der Waals surface area contributed by atoms with E-state index in [0.29, 0.717) is 18.8 Å². The summed E-state index contributed by atoms with van der Waals surface area (Å²) >= 11 is 0. The molecule has 3 rings (SSSR count). The lowest BCUT2D eigenvalue weighted by Crippen LogP contribution is -2.10. The van der Waals surface area contributed by atoms with E-state index < -0.39 is 17.5 Å². The second-order valence-electron chi connectivity index (χ2n) is 5.50. The Morgan fingerprint density at radius 3 is 2.67 bits per heavy atom. The van der Waals surface area contributed by atoms with Crippen molar-refractivity contribution in [3.63, 3.8) is 0 Å². The zero-order valence-electron chi connectivity index (χ0n) is 14.3. The Morgan fingerprint density at radius 2 is 1.85 bits per heavy atom. The maximum atomic E-state index is 13.7. The molecule has 0 saturated carbocycles. The summed E-state index contributed by atoms with van der Waals surface area (Å²) in [6.07, 6.45) is 2.07. The Labute approximate surface area is 153 Å². The number of para-hydroxylation sites is 1. The number of aromatic nitrogens is 3. The Balaban J connectivity index is 1.65. The number of methoxy groups -OCH3 is 1. The number of ether oxygens (including phenoxy) is 1. The van der Waals surface area contributed by atoms with Crippen LogP contribution in [0.15, 0.2) is 42.6 Å². The summed E-state index contributed by atoms with van der Waals surface area (Å²) in [7, 11) is 1.61. The third-order valence-corrected chi connectivity index (χ3v) is 3.73. The van der Waals surface area contributed by atoms with Crippen LogP contribution in [0.2, 0.25) is 0 Å². The molecule has 2 N–H and O–H groups in total. The maximum Gasteiger partial charge on any atom is 0.249 e. The molecule has 0 saturated heterocycles. The van der Waals surface area contributed by atoms with Crippen molar-refractivity contribution in [1.29, 1.82) is 0 Å². The standard InChI is InChI=1S/C18H16F3N5O/c1-27-14-5-3-2-4-11(14)8-9-22-15-10-23-26-18(25-15)24-13-7-6-12(19)16(20)17(13)21/h2-7,10H,8-9H2,1H3,(H2,22,24,25,26). The highest BCUT2D eigenvalue weighted by atomic mass is 19.2. The molecule has 0 atom stereocenters. The van der Waals surface area contributed by atoms with Gasteiger partial charge in [0.1, 0.15) is 5.75 Å². The normalized spacial score (nSPS) is 10.5. The van der Waals surface area contributed by atoms with Gasteiger partial charge in [0.2, 0.25) is 5.95 Å². The van der Waals surface area contributed by atoms with E-state index in [1.54, 1.807) is 7.11 Å². The molecule has 0 spiro atoms. The monoisotopic (exact) mass is 375 g/mol. The van der Waals surface area contributed by atoms with Gasteiger partial charge in [0.05, 0.1) is 19.0 Å². The largest absolute Gasteiger partial charge is 0.496 e. The van der Waals surface area contributed by atoms with Crippen LogP contribution in [0.3, 0.4) is 0 Å². The summed E-state index contributed by atoms with van der Waals surface area (Å²) in [5.74, 6) is -3.07. The summed E-state index contributed by atoms with van der Waals surface area (Å²) < 4.78 is 45.3. The molecule has 0 unspecified atom stereocenters. The SMILES string of the molecule is COc1ccccc1CCNc1cnnc(Nc2ccc(F)c(F)c2F)n1. The van der Waals surface area contributed by atoms with Crippen LogP contribution in [-0.2, 0) is 6.42 Å². The fraction of sp³-hybridized carbons (Fsp3) is 0.167. The lowest BCUT2D eigenvalue weighted by molar-refractivity contribution is 0.410. The number of halogens is 3. The van der Waals surface area contributed by atoms with E-state index in [2.05, 4.69) is 25.8 Å². The van der Waals surface area contributed by atoms with Gasteiger partial charge in [0.15, 0.2) is 23.3 Å². The first-order valence-corrected chi connectivity index (χ1v) is 8.04. The molecule has 2 aromatic carbocycles. The highest BCUT2D eigenvalue weighted by Crippen LogP contribution is 2.22. The Hall–Kier alpha value is -3.36. The molecule has 1 heterocycles. The van der Waals surface area contributed by atoms with E-state index in [9.17, 15) is 13.2 Å². The Bertz CT molecular complexity index is 939. The zero-order chi connectivity index (χ0) is 19.2. The van der Waals surface area contributed by atoms with Crippen molar-refractivity contribution in [2.24, 2.45) is 0 Å².